The number of ether oxygens (including phenoxy) is 1. The summed E-state index contributed by atoms with van der Waals surface area (Å²) in [4.78, 5) is 19.5. The third-order valence-corrected chi connectivity index (χ3v) is 4.91. The molecule has 4 N–H and O–H groups in total. The Morgan fingerprint density at radius 1 is 1.27 bits per heavy atom. The van der Waals surface area contributed by atoms with Gasteiger partial charge in [-0.25, -0.2) is 9.37 Å². The average Bonchev–Trinajstić information content (AvgIpc) is 3.05. The lowest BCUT2D eigenvalue weighted by Crippen LogP contribution is -2.24. The molecule has 2 aromatic carbocycles. The van der Waals surface area contributed by atoms with Crippen LogP contribution < -0.4 is 15.8 Å². The van der Waals surface area contributed by atoms with Crippen LogP contribution in [0.25, 0.3) is 0 Å². The molecule has 0 atom stereocenters. The fourth-order valence-corrected chi connectivity index (χ4v) is 3.26. The largest absolute Gasteiger partial charge is 0.453 e. The molecule has 0 fully saturated rings. The SMILES string of the molecule is CC(C)c1nc(C(=O)NCc2ccc(Cl)c(Oc3cc(N)cc(Cl)c3)c2F)c(Cl)[nH]1. The van der Waals surface area contributed by atoms with Crippen LogP contribution in [0.3, 0.4) is 0 Å². The first kappa shape index (κ1) is 22.2. The first-order chi connectivity index (χ1) is 14.2. The molecule has 0 unspecified atom stereocenters. The maximum atomic E-state index is 15.0. The van der Waals surface area contributed by atoms with Crippen molar-refractivity contribution >= 4 is 46.4 Å². The van der Waals surface area contributed by atoms with E-state index in [1.54, 1.807) is 0 Å². The molecule has 0 saturated carbocycles. The Morgan fingerprint density at radius 2 is 2.00 bits per heavy atom. The molecule has 0 saturated heterocycles. The van der Waals surface area contributed by atoms with Crippen molar-refractivity contribution in [2.75, 3.05) is 5.73 Å². The summed E-state index contributed by atoms with van der Waals surface area (Å²) >= 11 is 18.1. The van der Waals surface area contributed by atoms with Crippen LogP contribution in [0, 0.1) is 5.82 Å². The number of carbonyl (C=O) groups excluding carboxylic acids is 1. The maximum absolute atomic E-state index is 15.0. The van der Waals surface area contributed by atoms with Crippen molar-refractivity contribution in [3.05, 3.63) is 68.4 Å². The molecule has 3 rings (SSSR count). The van der Waals surface area contributed by atoms with E-state index in [0.29, 0.717) is 16.5 Å². The number of hydrogen-bond acceptors (Lipinski definition) is 4. The van der Waals surface area contributed by atoms with Crippen LogP contribution in [0.2, 0.25) is 15.2 Å². The highest BCUT2D eigenvalue weighted by Crippen LogP contribution is 2.35. The van der Waals surface area contributed by atoms with E-state index in [1.165, 1.54) is 30.3 Å². The summed E-state index contributed by atoms with van der Waals surface area (Å²) in [6, 6.07) is 7.41. The number of H-pyrrole nitrogens is 1. The van der Waals surface area contributed by atoms with Crippen molar-refractivity contribution in [2.45, 2.75) is 26.3 Å². The predicted octanol–water partition coefficient (Wildman–Crippen LogP) is 5.94. The number of aromatic nitrogens is 2. The molecule has 30 heavy (non-hydrogen) atoms. The normalized spacial score (nSPS) is 11.0. The second kappa shape index (κ2) is 9.12. The number of anilines is 1. The Kier molecular flexibility index (Phi) is 6.75. The number of hydrogen-bond donors (Lipinski definition) is 3. The smallest absolute Gasteiger partial charge is 0.273 e. The van der Waals surface area contributed by atoms with Crippen molar-refractivity contribution in [1.82, 2.24) is 15.3 Å². The van der Waals surface area contributed by atoms with E-state index in [2.05, 4.69) is 15.3 Å². The molecule has 0 aliphatic heterocycles. The first-order valence-electron chi connectivity index (χ1n) is 8.90. The molecule has 0 aliphatic rings. The lowest BCUT2D eigenvalue weighted by Gasteiger charge is -2.13. The van der Waals surface area contributed by atoms with Gasteiger partial charge < -0.3 is 20.8 Å². The Hall–Kier alpha value is -2.48. The number of aromatic amines is 1. The lowest BCUT2D eigenvalue weighted by atomic mass is 10.2. The lowest BCUT2D eigenvalue weighted by molar-refractivity contribution is 0.0946. The molecule has 6 nitrogen and oxygen atoms in total. The number of amides is 1. The standard InChI is InChI=1S/C20H18Cl3FN4O2/c1-9(2)19-27-16(18(23)28-19)20(29)26-8-10-3-4-14(22)17(15(10)24)30-13-6-11(21)5-12(25)7-13/h3-7,9H,8,25H2,1-2H3,(H,26,29)(H,27,28). The van der Waals surface area contributed by atoms with Crippen molar-refractivity contribution < 1.29 is 13.9 Å². The minimum atomic E-state index is -0.725. The van der Waals surface area contributed by atoms with Gasteiger partial charge in [-0.1, -0.05) is 54.7 Å². The molecule has 0 radical (unpaired) electrons. The molecule has 1 amide bonds. The van der Waals surface area contributed by atoms with E-state index < -0.39 is 11.7 Å². The number of nitrogens with one attached hydrogen (secondary N) is 2. The van der Waals surface area contributed by atoms with Crippen LogP contribution in [0.5, 0.6) is 11.5 Å². The zero-order chi connectivity index (χ0) is 22.0. The number of benzene rings is 2. The summed E-state index contributed by atoms with van der Waals surface area (Å²) in [5.41, 5.74) is 6.29. The monoisotopic (exact) mass is 470 g/mol. The molecule has 0 aliphatic carbocycles. The topological polar surface area (TPSA) is 93.0 Å². The van der Waals surface area contributed by atoms with Gasteiger partial charge >= 0.3 is 0 Å². The molecule has 0 spiro atoms. The van der Waals surface area contributed by atoms with E-state index in [1.807, 2.05) is 13.8 Å². The van der Waals surface area contributed by atoms with Crippen LogP contribution in [-0.2, 0) is 6.54 Å². The summed E-state index contributed by atoms with van der Waals surface area (Å²) in [6.45, 7) is 3.69. The molecule has 10 heteroatoms. The third-order valence-electron chi connectivity index (χ3n) is 4.12. The Balaban J connectivity index is 1.79. The van der Waals surface area contributed by atoms with E-state index in [9.17, 15) is 9.18 Å². The number of nitrogens with zero attached hydrogens (tertiary/aromatic N) is 1. The predicted molar refractivity (Wildman–Crippen MR) is 116 cm³/mol. The zero-order valence-electron chi connectivity index (χ0n) is 16.0. The molecule has 158 valence electrons. The third kappa shape index (κ3) is 4.98. The zero-order valence-corrected chi connectivity index (χ0v) is 18.3. The Morgan fingerprint density at radius 3 is 2.63 bits per heavy atom. The van der Waals surface area contributed by atoms with Crippen LogP contribution in [0.4, 0.5) is 10.1 Å². The van der Waals surface area contributed by atoms with Gasteiger partial charge in [-0.2, -0.15) is 0 Å². The number of halogens is 4. The van der Waals surface area contributed by atoms with Crippen LogP contribution in [-0.4, -0.2) is 15.9 Å². The maximum Gasteiger partial charge on any atom is 0.273 e. The van der Waals surface area contributed by atoms with Crippen molar-refractivity contribution in [2.24, 2.45) is 0 Å². The fraction of sp³-hybridized carbons (Fsp3) is 0.200. The number of rotatable bonds is 6. The van der Waals surface area contributed by atoms with E-state index >= 15 is 0 Å². The van der Waals surface area contributed by atoms with Gasteiger partial charge in [0.25, 0.3) is 5.91 Å². The highest BCUT2D eigenvalue weighted by Gasteiger charge is 2.20. The number of carbonyl (C=O) groups is 1. The molecular weight excluding hydrogens is 454 g/mol. The minimum Gasteiger partial charge on any atom is -0.453 e. The van der Waals surface area contributed by atoms with Crippen LogP contribution in [0.15, 0.2) is 30.3 Å². The van der Waals surface area contributed by atoms with Crippen molar-refractivity contribution in [1.29, 1.82) is 0 Å². The second-order valence-electron chi connectivity index (χ2n) is 6.79. The molecule has 1 aromatic heterocycles. The molecule has 3 aromatic rings. The highest BCUT2D eigenvalue weighted by atomic mass is 35.5. The van der Waals surface area contributed by atoms with E-state index in [0.717, 1.165) is 0 Å². The second-order valence-corrected chi connectivity index (χ2v) is 8.02. The summed E-state index contributed by atoms with van der Waals surface area (Å²) in [5, 5.41) is 3.10. The van der Waals surface area contributed by atoms with Gasteiger partial charge in [0.2, 0.25) is 0 Å². The fourth-order valence-electron chi connectivity index (χ4n) is 2.62. The minimum absolute atomic E-state index is 0.0422. The summed E-state index contributed by atoms with van der Waals surface area (Å²) in [5.74, 6) is -0.589. The van der Waals surface area contributed by atoms with Gasteiger partial charge in [-0.05, 0) is 18.2 Å². The van der Waals surface area contributed by atoms with Crippen LogP contribution in [0.1, 0.15) is 41.6 Å². The van der Waals surface area contributed by atoms with Gasteiger partial charge in [-0.3, -0.25) is 4.79 Å². The Bertz CT molecular complexity index is 1080. The number of nitrogens with two attached hydrogens (primary N) is 1. The van der Waals surface area contributed by atoms with Crippen LogP contribution >= 0.6 is 34.8 Å². The number of nitrogen functional groups attached to an aromatic ring is 1. The Labute approximate surface area is 187 Å². The summed E-state index contributed by atoms with van der Waals surface area (Å²) in [6.07, 6.45) is 0. The molecular formula is C20H18Cl3FN4O2. The molecule has 1 heterocycles. The summed E-state index contributed by atoms with van der Waals surface area (Å²) < 4.78 is 20.5. The quantitative estimate of drug-likeness (QED) is 0.388. The van der Waals surface area contributed by atoms with E-state index in [-0.39, 0.29) is 45.4 Å². The average molecular weight is 472 g/mol. The van der Waals surface area contributed by atoms with Crippen molar-refractivity contribution in [3.63, 3.8) is 0 Å². The van der Waals surface area contributed by atoms with E-state index in [4.69, 9.17) is 45.3 Å². The summed E-state index contributed by atoms with van der Waals surface area (Å²) in [7, 11) is 0. The van der Waals surface area contributed by atoms with Gasteiger partial charge in [0.15, 0.2) is 17.3 Å². The van der Waals surface area contributed by atoms with Gasteiger partial charge in [0.1, 0.15) is 16.7 Å². The van der Waals surface area contributed by atoms with Crippen molar-refractivity contribution in [3.8, 4) is 11.5 Å². The van der Waals surface area contributed by atoms with Gasteiger partial charge in [0.05, 0.1) is 5.02 Å². The first-order valence-corrected chi connectivity index (χ1v) is 10.0. The number of imidazole rings is 1. The molecule has 0 bridgehead atoms. The highest BCUT2D eigenvalue weighted by molar-refractivity contribution is 6.32. The van der Waals surface area contributed by atoms with Gasteiger partial charge in [-0.15, -0.1) is 0 Å². The van der Waals surface area contributed by atoms with Gasteiger partial charge in [0, 0.05) is 34.8 Å².